The second kappa shape index (κ2) is 5.43. The van der Waals surface area contributed by atoms with Crippen molar-refractivity contribution >= 4 is 0 Å². The topological polar surface area (TPSA) is 22.1 Å². The predicted molar refractivity (Wildman–Crippen MR) is 78.4 cm³/mol. The third kappa shape index (κ3) is 3.82. The molecule has 100 valence electrons. The van der Waals surface area contributed by atoms with Crippen LogP contribution in [0.15, 0.2) is 42.6 Å². The molecule has 2 aromatic rings. The normalized spacial score (nSPS) is 11.4. The molecule has 0 amide bonds. The lowest BCUT2D eigenvalue weighted by molar-refractivity contribution is 0.293. The summed E-state index contributed by atoms with van der Waals surface area (Å²) in [6.07, 6.45) is 1.81. The first-order valence-corrected chi connectivity index (χ1v) is 6.60. The highest BCUT2D eigenvalue weighted by atomic mass is 16.5. The number of aryl methyl sites for hydroxylation is 1. The van der Waals surface area contributed by atoms with Gasteiger partial charge in [-0.3, -0.25) is 0 Å². The van der Waals surface area contributed by atoms with Crippen molar-refractivity contribution in [2.75, 3.05) is 0 Å². The van der Waals surface area contributed by atoms with Gasteiger partial charge in [0.15, 0.2) is 0 Å². The zero-order valence-electron chi connectivity index (χ0n) is 12.1. The minimum absolute atomic E-state index is 0.116. The summed E-state index contributed by atoms with van der Waals surface area (Å²) < 4.78 is 5.76. The van der Waals surface area contributed by atoms with E-state index in [1.807, 2.05) is 18.3 Å². The van der Waals surface area contributed by atoms with Crippen molar-refractivity contribution in [1.29, 1.82) is 0 Å². The number of pyridine rings is 1. The molecule has 1 aromatic heterocycles. The quantitative estimate of drug-likeness (QED) is 0.817. The van der Waals surface area contributed by atoms with Crippen molar-refractivity contribution in [3.8, 4) is 5.88 Å². The fourth-order valence-corrected chi connectivity index (χ4v) is 1.80. The van der Waals surface area contributed by atoms with Crippen molar-refractivity contribution in [3.63, 3.8) is 0 Å². The van der Waals surface area contributed by atoms with Crippen molar-refractivity contribution in [2.45, 2.75) is 39.7 Å². The average Bonchev–Trinajstić information content (AvgIpc) is 2.37. The lowest BCUT2D eigenvalue weighted by Crippen LogP contribution is -2.11. The molecule has 0 fully saturated rings. The Labute approximate surface area is 115 Å². The minimum Gasteiger partial charge on any atom is -0.473 e. The molecule has 0 radical (unpaired) electrons. The van der Waals surface area contributed by atoms with Crippen LogP contribution in [0.5, 0.6) is 5.88 Å². The molecule has 0 aliphatic rings. The van der Waals surface area contributed by atoms with E-state index < -0.39 is 0 Å². The van der Waals surface area contributed by atoms with E-state index in [-0.39, 0.29) is 5.41 Å². The van der Waals surface area contributed by atoms with E-state index in [0.29, 0.717) is 12.5 Å². The van der Waals surface area contributed by atoms with Crippen molar-refractivity contribution in [2.24, 2.45) is 0 Å². The Bertz CT molecular complexity index is 538. The zero-order chi connectivity index (χ0) is 13.9. The van der Waals surface area contributed by atoms with Crippen LogP contribution in [0.3, 0.4) is 0 Å². The first-order valence-electron chi connectivity index (χ1n) is 6.60. The predicted octanol–water partition coefficient (Wildman–Crippen LogP) is 4.27. The molecule has 0 bridgehead atoms. The van der Waals surface area contributed by atoms with E-state index in [0.717, 1.165) is 5.56 Å². The van der Waals surface area contributed by atoms with E-state index in [1.54, 1.807) is 0 Å². The molecule has 2 nitrogen and oxygen atoms in total. The fourth-order valence-electron chi connectivity index (χ4n) is 1.80. The molecule has 0 unspecified atom stereocenters. The van der Waals surface area contributed by atoms with E-state index in [2.05, 4.69) is 56.9 Å². The minimum atomic E-state index is 0.116. The van der Waals surface area contributed by atoms with Crippen LogP contribution in [0.2, 0.25) is 0 Å². The molecular formula is C17H21NO. The van der Waals surface area contributed by atoms with E-state index in [4.69, 9.17) is 4.74 Å². The summed E-state index contributed by atoms with van der Waals surface area (Å²) in [5, 5.41) is 0. The maximum absolute atomic E-state index is 5.76. The molecule has 2 heteroatoms. The summed E-state index contributed by atoms with van der Waals surface area (Å²) in [6.45, 7) is 9.20. The smallest absolute Gasteiger partial charge is 0.213 e. The van der Waals surface area contributed by atoms with Crippen LogP contribution in [0.1, 0.15) is 37.5 Å². The molecule has 0 saturated carbocycles. The molecule has 0 aliphatic heterocycles. The Balaban J connectivity index is 2.05. The standard InChI is InChI=1S/C17H21NO/c1-13-5-7-14(8-6-13)12-19-16-11-15(9-10-18-16)17(2,3)4/h5-11H,12H2,1-4H3. The molecule has 0 atom stereocenters. The third-order valence-electron chi connectivity index (χ3n) is 3.11. The van der Waals surface area contributed by atoms with Crippen molar-refractivity contribution in [1.82, 2.24) is 4.98 Å². The summed E-state index contributed by atoms with van der Waals surface area (Å²) >= 11 is 0. The molecule has 0 spiro atoms. The number of rotatable bonds is 3. The largest absolute Gasteiger partial charge is 0.473 e. The summed E-state index contributed by atoms with van der Waals surface area (Å²) in [5.41, 5.74) is 3.77. The summed E-state index contributed by atoms with van der Waals surface area (Å²) in [6, 6.07) is 12.4. The molecule has 0 aliphatic carbocycles. The van der Waals surface area contributed by atoms with Crippen LogP contribution in [0, 0.1) is 6.92 Å². The zero-order valence-corrected chi connectivity index (χ0v) is 12.1. The highest BCUT2D eigenvalue weighted by Crippen LogP contribution is 2.24. The Hall–Kier alpha value is -1.83. The van der Waals surface area contributed by atoms with Crippen LogP contribution >= 0.6 is 0 Å². The van der Waals surface area contributed by atoms with Gasteiger partial charge in [-0.2, -0.15) is 0 Å². The van der Waals surface area contributed by atoms with Gasteiger partial charge >= 0.3 is 0 Å². The maximum Gasteiger partial charge on any atom is 0.213 e. The Kier molecular flexibility index (Phi) is 3.89. The van der Waals surface area contributed by atoms with Gasteiger partial charge in [0, 0.05) is 12.3 Å². The average molecular weight is 255 g/mol. The Morgan fingerprint density at radius 2 is 1.74 bits per heavy atom. The Morgan fingerprint density at radius 3 is 2.37 bits per heavy atom. The number of benzene rings is 1. The Morgan fingerprint density at radius 1 is 1.05 bits per heavy atom. The van der Waals surface area contributed by atoms with Crippen LogP contribution < -0.4 is 4.74 Å². The molecule has 0 saturated heterocycles. The van der Waals surface area contributed by atoms with Crippen LogP contribution in [0.4, 0.5) is 0 Å². The van der Waals surface area contributed by atoms with Crippen LogP contribution in [0.25, 0.3) is 0 Å². The van der Waals surface area contributed by atoms with E-state index in [9.17, 15) is 0 Å². The van der Waals surface area contributed by atoms with Gasteiger partial charge in [0.05, 0.1) is 0 Å². The van der Waals surface area contributed by atoms with Gasteiger partial charge < -0.3 is 4.74 Å². The van der Waals surface area contributed by atoms with Crippen molar-refractivity contribution in [3.05, 3.63) is 59.3 Å². The number of aromatic nitrogens is 1. The molecular weight excluding hydrogens is 234 g/mol. The first-order chi connectivity index (χ1) is 8.95. The van der Waals surface area contributed by atoms with Gasteiger partial charge in [-0.1, -0.05) is 50.6 Å². The lowest BCUT2D eigenvalue weighted by Gasteiger charge is -2.19. The number of hydrogen-bond acceptors (Lipinski definition) is 2. The van der Waals surface area contributed by atoms with Gasteiger partial charge in [0.1, 0.15) is 6.61 Å². The first kappa shape index (κ1) is 13.6. The van der Waals surface area contributed by atoms with Crippen LogP contribution in [-0.2, 0) is 12.0 Å². The summed E-state index contributed by atoms with van der Waals surface area (Å²) in [7, 11) is 0. The summed E-state index contributed by atoms with van der Waals surface area (Å²) in [4.78, 5) is 4.26. The lowest BCUT2D eigenvalue weighted by atomic mass is 9.88. The number of ether oxygens (including phenoxy) is 1. The molecule has 0 N–H and O–H groups in total. The van der Waals surface area contributed by atoms with Gasteiger partial charge in [-0.25, -0.2) is 4.98 Å². The fraction of sp³-hybridized carbons (Fsp3) is 0.353. The van der Waals surface area contributed by atoms with Gasteiger partial charge in [0.25, 0.3) is 0 Å². The number of hydrogen-bond donors (Lipinski definition) is 0. The number of nitrogens with zero attached hydrogens (tertiary/aromatic N) is 1. The van der Waals surface area contributed by atoms with Crippen LogP contribution in [-0.4, -0.2) is 4.98 Å². The van der Waals surface area contributed by atoms with Gasteiger partial charge in [-0.05, 0) is 29.5 Å². The second-order valence-electron chi connectivity index (χ2n) is 5.91. The second-order valence-corrected chi connectivity index (χ2v) is 5.91. The van der Waals surface area contributed by atoms with Gasteiger partial charge in [0.2, 0.25) is 5.88 Å². The highest BCUT2D eigenvalue weighted by molar-refractivity contribution is 5.27. The van der Waals surface area contributed by atoms with Gasteiger partial charge in [-0.15, -0.1) is 0 Å². The van der Waals surface area contributed by atoms with E-state index >= 15 is 0 Å². The molecule has 2 rings (SSSR count). The maximum atomic E-state index is 5.76. The monoisotopic (exact) mass is 255 g/mol. The molecule has 1 aromatic carbocycles. The molecule has 19 heavy (non-hydrogen) atoms. The van der Waals surface area contributed by atoms with E-state index in [1.165, 1.54) is 11.1 Å². The van der Waals surface area contributed by atoms with Crippen molar-refractivity contribution < 1.29 is 4.74 Å². The SMILES string of the molecule is Cc1ccc(COc2cc(C(C)(C)C)ccn2)cc1. The third-order valence-corrected chi connectivity index (χ3v) is 3.11. The highest BCUT2D eigenvalue weighted by Gasteiger charge is 2.14. The molecule has 1 heterocycles. The summed E-state index contributed by atoms with van der Waals surface area (Å²) in [5.74, 6) is 0.688.